The topological polar surface area (TPSA) is 52.0 Å². The minimum absolute atomic E-state index is 0.552. The van der Waals surface area contributed by atoms with E-state index < -0.39 is 0 Å². The second-order valence-corrected chi connectivity index (χ2v) is 15.1. The monoisotopic (exact) mass is 516 g/mol. The maximum atomic E-state index is 6.08. The maximum Gasteiger partial charge on any atom is 0.0340 e. The zero-order valence-corrected chi connectivity index (χ0v) is 25.2. The lowest BCUT2D eigenvalue weighted by Gasteiger charge is -2.61. The number of anilines is 2. The Bertz CT molecular complexity index is 1030. The Morgan fingerprint density at radius 3 is 2.34 bits per heavy atom. The molecule has 210 valence electrons. The fourth-order valence-corrected chi connectivity index (χ4v) is 10.7. The third-order valence-corrected chi connectivity index (χ3v) is 12.6. The molecule has 4 fully saturated rings. The Labute approximate surface area is 234 Å². The normalized spacial score (nSPS) is 39.0. The van der Waals surface area contributed by atoms with Crippen LogP contribution in [0.15, 0.2) is 36.4 Å². The summed E-state index contributed by atoms with van der Waals surface area (Å²) in [6, 6.07) is 5.94. The van der Waals surface area contributed by atoms with E-state index in [0.717, 1.165) is 64.8 Å². The molecule has 1 aromatic carbocycles. The van der Waals surface area contributed by atoms with Gasteiger partial charge < -0.3 is 11.5 Å². The molecule has 5 rings (SSSR count). The van der Waals surface area contributed by atoms with Gasteiger partial charge in [0, 0.05) is 11.4 Å². The summed E-state index contributed by atoms with van der Waals surface area (Å²) in [7, 11) is 0. The summed E-state index contributed by atoms with van der Waals surface area (Å²) in [6.45, 7) is 17.0. The third-order valence-electron chi connectivity index (χ3n) is 12.6. The first-order valence-corrected chi connectivity index (χ1v) is 16.0. The molecule has 0 amide bonds. The lowest BCUT2D eigenvalue weighted by atomic mass is 9.44. The molecule has 0 radical (unpaired) electrons. The summed E-state index contributed by atoms with van der Waals surface area (Å²) in [5.41, 5.74) is 18.6. The standard InChI is InChI=1S/C36H56N2/c1-23(2)8-7-9-24(3)32-12-13-33-31-11-10-28-19-26(18-25(4)27-20-29(37)22-30(38)21-27)14-16-35(28,5)34(31)15-17-36(32,33)6/h8,20-22,24,26,28,31-34H,4,7,9-19,37-38H2,1-3,5-6H3. The number of benzene rings is 1. The van der Waals surface area contributed by atoms with Crippen LogP contribution in [0, 0.1) is 52.3 Å². The average Bonchev–Trinajstić information content (AvgIpc) is 3.20. The largest absolute Gasteiger partial charge is 0.399 e. The number of fused-ring (bicyclic) bond motifs is 5. The van der Waals surface area contributed by atoms with Gasteiger partial charge >= 0.3 is 0 Å². The molecular formula is C36H56N2. The van der Waals surface area contributed by atoms with E-state index in [4.69, 9.17) is 11.5 Å². The molecule has 0 heterocycles. The van der Waals surface area contributed by atoms with E-state index in [-0.39, 0.29) is 0 Å². The quantitative estimate of drug-likeness (QED) is 0.280. The molecule has 9 unspecified atom stereocenters. The molecule has 0 aliphatic heterocycles. The summed E-state index contributed by atoms with van der Waals surface area (Å²) in [4.78, 5) is 0. The predicted octanol–water partition coefficient (Wildman–Crippen LogP) is 9.91. The van der Waals surface area contributed by atoms with E-state index in [1.807, 2.05) is 18.2 Å². The van der Waals surface area contributed by atoms with Crippen molar-refractivity contribution in [1.82, 2.24) is 0 Å². The van der Waals surface area contributed by atoms with Crippen LogP contribution in [0.3, 0.4) is 0 Å². The molecule has 0 aromatic heterocycles. The van der Waals surface area contributed by atoms with E-state index in [2.05, 4.69) is 47.3 Å². The highest BCUT2D eigenvalue weighted by Gasteiger charge is 2.60. The summed E-state index contributed by atoms with van der Waals surface area (Å²) < 4.78 is 0. The molecule has 4 saturated carbocycles. The van der Waals surface area contributed by atoms with Gasteiger partial charge in [-0.25, -0.2) is 0 Å². The summed E-state index contributed by atoms with van der Waals surface area (Å²) in [5.74, 6) is 6.36. The van der Waals surface area contributed by atoms with Crippen LogP contribution in [0.5, 0.6) is 0 Å². The minimum atomic E-state index is 0.552. The first-order chi connectivity index (χ1) is 18.0. The van der Waals surface area contributed by atoms with Crippen molar-refractivity contribution in [3.63, 3.8) is 0 Å². The molecule has 2 heteroatoms. The van der Waals surface area contributed by atoms with Crippen molar-refractivity contribution in [2.45, 2.75) is 112 Å². The average molecular weight is 517 g/mol. The van der Waals surface area contributed by atoms with Crippen molar-refractivity contribution in [3.05, 3.63) is 42.0 Å². The van der Waals surface area contributed by atoms with Crippen LogP contribution in [0.1, 0.15) is 117 Å². The first kappa shape index (κ1) is 27.9. The maximum absolute atomic E-state index is 6.08. The molecule has 4 N–H and O–H groups in total. The Balaban J connectivity index is 1.23. The summed E-state index contributed by atoms with van der Waals surface area (Å²) in [5, 5.41) is 0. The highest BCUT2D eigenvalue weighted by atomic mass is 14.7. The molecule has 1 aromatic rings. The number of nitrogens with two attached hydrogens (primary N) is 2. The number of nitrogen functional groups attached to an aromatic ring is 2. The Morgan fingerprint density at radius 1 is 0.947 bits per heavy atom. The molecule has 2 nitrogen and oxygen atoms in total. The molecular weight excluding hydrogens is 460 g/mol. The zero-order valence-electron chi connectivity index (χ0n) is 25.2. The van der Waals surface area contributed by atoms with Gasteiger partial charge in [-0.15, -0.1) is 0 Å². The van der Waals surface area contributed by atoms with Gasteiger partial charge in [0.2, 0.25) is 0 Å². The number of hydrogen-bond donors (Lipinski definition) is 2. The number of hydrogen-bond acceptors (Lipinski definition) is 2. The van der Waals surface area contributed by atoms with Gasteiger partial charge in [0.1, 0.15) is 0 Å². The van der Waals surface area contributed by atoms with Gasteiger partial charge in [-0.1, -0.05) is 39.0 Å². The SMILES string of the molecule is C=C(CC1CCC2(C)C(CCC3C2CCC2(C)C(C(C)CCC=C(C)C)CCC32)C1)c1cc(N)cc(N)c1. The summed E-state index contributed by atoms with van der Waals surface area (Å²) in [6.07, 6.45) is 19.3. The Morgan fingerprint density at radius 2 is 1.63 bits per heavy atom. The van der Waals surface area contributed by atoms with E-state index in [1.165, 1.54) is 81.8 Å². The van der Waals surface area contributed by atoms with Crippen molar-refractivity contribution < 1.29 is 0 Å². The zero-order chi connectivity index (χ0) is 27.2. The minimum Gasteiger partial charge on any atom is -0.399 e. The van der Waals surface area contributed by atoms with Crippen LogP contribution in [0.4, 0.5) is 11.4 Å². The lowest BCUT2D eigenvalue weighted by Crippen LogP contribution is -2.53. The van der Waals surface area contributed by atoms with Crippen LogP contribution in [-0.4, -0.2) is 0 Å². The van der Waals surface area contributed by atoms with E-state index in [9.17, 15) is 0 Å². The lowest BCUT2D eigenvalue weighted by molar-refractivity contribution is -0.120. The molecule has 4 aliphatic rings. The van der Waals surface area contributed by atoms with Crippen LogP contribution < -0.4 is 11.5 Å². The van der Waals surface area contributed by atoms with Crippen molar-refractivity contribution in [2.75, 3.05) is 11.5 Å². The predicted molar refractivity (Wildman–Crippen MR) is 165 cm³/mol. The second-order valence-electron chi connectivity index (χ2n) is 15.1. The summed E-state index contributed by atoms with van der Waals surface area (Å²) >= 11 is 0. The highest BCUT2D eigenvalue weighted by molar-refractivity contribution is 5.70. The number of rotatable bonds is 7. The first-order valence-electron chi connectivity index (χ1n) is 16.0. The van der Waals surface area contributed by atoms with Crippen molar-refractivity contribution in [2.24, 2.45) is 52.3 Å². The van der Waals surface area contributed by atoms with Gasteiger partial charge in [0.05, 0.1) is 0 Å². The third kappa shape index (κ3) is 5.11. The number of allylic oxidation sites excluding steroid dienone is 3. The van der Waals surface area contributed by atoms with E-state index in [0.29, 0.717) is 10.8 Å². The molecule has 0 bridgehead atoms. The molecule has 38 heavy (non-hydrogen) atoms. The van der Waals surface area contributed by atoms with Crippen LogP contribution >= 0.6 is 0 Å². The van der Waals surface area contributed by atoms with Crippen LogP contribution in [0.2, 0.25) is 0 Å². The van der Waals surface area contributed by atoms with Gasteiger partial charge in [0.15, 0.2) is 0 Å². The Hall–Kier alpha value is -1.70. The fraction of sp³-hybridized carbons (Fsp3) is 0.722. The fourth-order valence-electron chi connectivity index (χ4n) is 10.7. The highest BCUT2D eigenvalue weighted by Crippen LogP contribution is 2.68. The van der Waals surface area contributed by atoms with Gasteiger partial charge in [-0.05, 0) is 172 Å². The van der Waals surface area contributed by atoms with Gasteiger partial charge in [-0.3, -0.25) is 0 Å². The van der Waals surface area contributed by atoms with Crippen molar-refractivity contribution >= 4 is 16.9 Å². The second kappa shape index (κ2) is 10.7. The smallest absolute Gasteiger partial charge is 0.0340 e. The van der Waals surface area contributed by atoms with E-state index >= 15 is 0 Å². The van der Waals surface area contributed by atoms with E-state index in [1.54, 1.807) is 0 Å². The molecule has 4 aliphatic carbocycles. The van der Waals surface area contributed by atoms with Gasteiger partial charge in [0.25, 0.3) is 0 Å². The van der Waals surface area contributed by atoms with Gasteiger partial charge in [-0.2, -0.15) is 0 Å². The Kier molecular flexibility index (Phi) is 7.84. The van der Waals surface area contributed by atoms with Crippen LogP contribution in [-0.2, 0) is 0 Å². The molecule has 0 saturated heterocycles. The molecule has 0 spiro atoms. The molecule has 9 atom stereocenters. The van der Waals surface area contributed by atoms with Crippen LogP contribution in [0.25, 0.3) is 5.57 Å². The van der Waals surface area contributed by atoms with Crippen molar-refractivity contribution in [3.8, 4) is 0 Å². The van der Waals surface area contributed by atoms with Crippen molar-refractivity contribution in [1.29, 1.82) is 0 Å².